The molecule has 1 saturated heterocycles. The fourth-order valence-electron chi connectivity index (χ4n) is 2.75. The molecule has 1 heterocycles. The summed E-state index contributed by atoms with van der Waals surface area (Å²) >= 11 is 0. The van der Waals surface area contributed by atoms with Crippen molar-refractivity contribution in [1.29, 1.82) is 0 Å². The van der Waals surface area contributed by atoms with Crippen LogP contribution < -0.4 is 0 Å². The minimum atomic E-state index is -0.438. The average Bonchev–Trinajstić information content (AvgIpc) is 2.88. The smallest absolute Gasteiger partial charge is 0.417 e. The Hall–Kier alpha value is -1.06. The van der Waals surface area contributed by atoms with E-state index in [1.54, 1.807) is 0 Å². The van der Waals surface area contributed by atoms with Crippen LogP contribution in [0.1, 0.15) is 78.6 Å². The number of nitrogens with zero attached hydrogens (tertiary/aromatic N) is 1. The Morgan fingerprint density at radius 1 is 1.20 bits per heavy atom. The van der Waals surface area contributed by atoms with Crippen LogP contribution in [0.3, 0.4) is 0 Å². The first-order valence-corrected chi connectivity index (χ1v) is 8.12. The van der Waals surface area contributed by atoms with Crippen molar-refractivity contribution in [3.63, 3.8) is 0 Å². The molecule has 0 spiro atoms. The lowest BCUT2D eigenvalue weighted by molar-refractivity contribution is -0.127. The zero-order valence-corrected chi connectivity index (χ0v) is 13.2. The van der Waals surface area contributed by atoms with E-state index < -0.39 is 11.7 Å². The molecule has 0 radical (unpaired) electrons. The van der Waals surface area contributed by atoms with Gasteiger partial charge in [-0.05, 0) is 32.1 Å². The molecule has 0 aromatic carbocycles. The van der Waals surface area contributed by atoms with E-state index in [1.165, 1.54) is 24.2 Å². The van der Waals surface area contributed by atoms with Crippen LogP contribution in [-0.2, 0) is 9.53 Å². The molecule has 0 aromatic rings. The molecule has 0 unspecified atom stereocenters. The predicted molar refractivity (Wildman–Crippen MR) is 79.5 cm³/mol. The van der Waals surface area contributed by atoms with Gasteiger partial charge in [0.15, 0.2) is 0 Å². The topological polar surface area (TPSA) is 46.6 Å². The minimum Gasteiger partial charge on any atom is -0.443 e. The van der Waals surface area contributed by atoms with Crippen LogP contribution in [0.2, 0.25) is 0 Å². The van der Waals surface area contributed by atoms with Crippen LogP contribution >= 0.6 is 0 Å². The summed E-state index contributed by atoms with van der Waals surface area (Å²) in [5.74, 6) is -0.0953. The van der Waals surface area contributed by atoms with E-state index in [1.807, 2.05) is 0 Å². The standard InChI is InChI=1S/C16H29NO3/c1-4-7-8-9-12-16(5-2,6-3)20-15(19)17-13-10-11-14(17)18/h4-13H2,1-3H3. The number of amides is 2. The van der Waals surface area contributed by atoms with Crippen LogP contribution in [0, 0.1) is 0 Å². The molecule has 116 valence electrons. The molecule has 0 N–H and O–H groups in total. The Morgan fingerprint density at radius 2 is 1.90 bits per heavy atom. The average molecular weight is 283 g/mol. The van der Waals surface area contributed by atoms with Gasteiger partial charge in [-0.25, -0.2) is 9.69 Å². The van der Waals surface area contributed by atoms with Gasteiger partial charge in [0, 0.05) is 13.0 Å². The second kappa shape index (κ2) is 8.28. The number of hydrogen-bond acceptors (Lipinski definition) is 3. The van der Waals surface area contributed by atoms with Crippen molar-refractivity contribution in [3.05, 3.63) is 0 Å². The zero-order valence-electron chi connectivity index (χ0n) is 13.2. The van der Waals surface area contributed by atoms with Crippen molar-refractivity contribution in [2.75, 3.05) is 6.54 Å². The van der Waals surface area contributed by atoms with E-state index in [0.717, 1.165) is 32.1 Å². The van der Waals surface area contributed by atoms with Gasteiger partial charge in [0.25, 0.3) is 0 Å². The first-order chi connectivity index (χ1) is 9.58. The molecule has 4 heteroatoms. The minimum absolute atomic E-state index is 0.0953. The summed E-state index contributed by atoms with van der Waals surface area (Å²) in [6, 6.07) is 0. The molecule has 0 aliphatic carbocycles. The fourth-order valence-corrected chi connectivity index (χ4v) is 2.75. The lowest BCUT2D eigenvalue weighted by Crippen LogP contribution is -2.41. The largest absolute Gasteiger partial charge is 0.443 e. The highest BCUT2D eigenvalue weighted by Gasteiger charge is 2.35. The molecule has 20 heavy (non-hydrogen) atoms. The zero-order chi connectivity index (χ0) is 15.0. The molecule has 2 amide bonds. The Balaban J connectivity index is 2.55. The Kier molecular flexibility index (Phi) is 7.03. The number of ether oxygens (including phenoxy) is 1. The Bertz CT molecular complexity index is 324. The van der Waals surface area contributed by atoms with Crippen molar-refractivity contribution in [2.45, 2.75) is 84.2 Å². The SMILES string of the molecule is CCCCCCC(CC)(CC)OC(=O)N1CCCC1=O. The van der Waals surface area contributed by atoms with Crippen molar-refractivity contribution in [1.82, 2.24) is 4.90 Å². The first-order valence-electron chi connectivity index (χ1n) is 8.12. The number of carbonyl (C=O) groups excluding carboxylic acids is 2. The van der Waals surface area contributed by atoms with Gasteiger partial charge in [0.2, 0.25) is 5.91 Å². The number of rotatable bonds is 8. The summed E-state index contributed by atoms with van der Waals surface area (Å²) in [6.45, 7) is 6.81. The second-order valence-corrected chi connectivity index (χ2v) is 5.72. The normalized spacial score (nSPS) is 15.8. The van der Waals surface area contributed by atoms with E-state index in [-0.39, 0.29) is 5.91 Å². The molecule has 1 aliphatic heterocycles. The van der Waals surface area contributed by atoms with Crippen molar-refractivity contribution in [2.24, 2.45) is 0 Å². The van der Waals surface area contributed by atoms with Gasteiger partial charge < -0.3 is 4.74 Å². The second-order valence-electron chi connectivity index (χ2n) is 5.72. The van der Waals surface area contributed by atoms with Gasteiger partial charge in [-0.2, -0.15) is 0 Å². The number of unbranched alkanes of at least 4 members (excludes halogenated alkanes) is 3. The van der Waals surface area contributed by atoms with E-state index in [2.05, 4.69) is 20.8 Å². The van der Waals surface area contributed by atoms with E-state index in [9.17, 15) is 9.59 Å². The molecule has 1 rings (SSSR count). The summed E-state index contributed by atoms with van der Waals surface area (Å²) in [6.07, 6.45) is 7.99. The highest BCUT2D eigenvalue weighted by molar-refractivity contribution is 5.93. The van der Waals surface area contributed by atoms with Crippen LogP contribution in [0.25, 0.3) is 0 Å². The maximum atomic E-state index is 12.2. The molecule has 4 nitrogen and oxygen atoms in total. The third-order valence-electron chi connectivity index (χ3n) is 4.37. The van der Waals surface area contributed by atoms with Gasteiger partial charge in [-0.15, -0.1) is 0 Å². The molecule has 1 fully saturated rings. The van der Waals surface area contributed by atoms with Gasteiger partial charge >= 0.3 is 6.09 Å². The highest BCUT2D eigenvalue weighted by atomic mass is 16.6. The van der Waals surface area contributed by atoms with Crippen molar-refractivity contribution >= 4 is 12.0 Å². The summed E-state index contributed by atoms with van der Waals surface area (Å²) < 4.78 is 5.74. The summed E-state index contributed by atoms with van der Waals surface area (Å²) in [7, 11) is 0. The predicted octanol–water partition coefficient (Wildman–Crippen LogP) is 4.27. The number of likely N-dealkylation sites (tertiary alicyclic amines) is 1. The molecule has 1 aliphatic rings. The van der Waals surface area contributed by atoms with Gasteiger partial charge in [0.1, 0.15) is 5.60 Å². The van der Waals surface area contributed by atoms with Crippen LogP contribution in [0.4, 0.5) is 4.79 Å². The van der Waals surface area contributed by atoms with Crippen LogP contribution in [0.15, 0.2) is 0 Å². The summed E-state index contributed by atoms with van der Waals surface area (Å²) in [4.78, 5) is 25.0. The number of imide groups is 1. The molecule has 0 bridgehead atoms. The Morgan fingerprint density at radius 3 is 2.40 bits per heavy atom. The van der Waals surface area contributed by atoms with Gasteiger partial charge in [-0.3, -0.25) is 4.79 Å². The van der Waals surface area contributed by atoms with Gasteiger partial charge in [-0.1, -0.05) is 40.0 Å². The van der Waals surface area contributed by atoms with E-state index >= 15 is 0 Å². The molecule has 0 aromatic heterocycles. The van der Waals surface area contributed by atoms with Crippen molar-refractivity contribution in [3.8, 4) is 0 Å². The molecule has 0 atom stereocenters. The lowest BCUT2D eigenvalue weighted by atomic mass is 9.90. The molecule has 0 saturated carbocycles. The van der Waals surface area contributed by atoms with E-state index in [0.29, 0.717) is 13.0 Å². The fraction of sp³-hybridized carbons (Fsp3) is 0.875. The first kappa shape index (κ1) is 17.0. The highest BCUT2D eigenvalue weighted by Crippen LogP contribution is 2.29. The van der Waals surface area contributed by atoms with E-state index in [4.69, 9.17) is 4.74 Å². The summed E-state index contributed by atoms with van der Waals surface area (Å²) in [5, 5.41) is 0. The number of carbonyl (C=O) groups is 2. The molecular weight excluding hydrogens is 254 g/mol. The number of hydrogen-bond donors (Lipinski definition) is 0. The monoisotopic (exact) mass is 283 g/mol. The third kappa shape index (κ3) is 4.50. The van der Waals surface area contributed by atoms with Gasteiger partial charge in [0.05, 0.1) is 0 Å². The third-order valence-corrected chi connectivity index (χ3v) is 4.37. The molecular formula is C16H29NO3. The quantitative estimate of drug-likeness (QED) is 0.625. The summed E-state index contributed by atoms with van der Waals surface area (Å²) in [5.41, 5.74) is -0.395. The Labute approximate surface area is 122 Å². The maximum absolute atomic E-state index is 12.2. The lowest BCUT2D eigenvalue weighted by Gasteiger charge is -2.33. The van der Waals surface area contributed by atoms with Crippen LogP contribution in [0.5, 0.6) is 0 Å². The van der Waals surface area contributed by atoms with Crippen molar-refractivity contribution < 1.29 is 14.3 Å². The van der Waals surface area contributed by atoms with Crippen LogP contribution in [-0.4, -0.2) is 29.0 Å². The maximum Gasteiger partial charge on any atom is 0.417 e.